The lowest BCUT2D eigenvalue weighted by atomic mass is 10.1. The molecule has 1 amide bonds. The highest BCUT2D eigenvalue weighted by molar-refractivity contribution is 6.25. The summed E-state index contributed by atoms with van der Waals surface area (Å²) in [6.45, 7) is 5.48. The molecule has 0 saturated carbocycles. The molecule has 0 atom stereocenters. The molecule has 0 aromatic heterocycles. The molecule has 0 bridgehead atoms. The number of phenolic OH excluding ortho intramolecular Hbond substituents is 1. The molecule has 5 N–H and O–H groups in total. The van der Waals surface area contributed by atoms with Crippen LogP contribution in [0.15, 0.2) is 40.2 Å². The summed E-state index contributed by atoms with van der Waals surface area (Å²) in [6.07, 6.45) is 1.75. The lowest BCUT2D eigenvalue weighted by molar-refractivity contribution is -0.114. The molecule has 1 aromatic carbocycles. The number of aromatic hydroxyl groups is 1. The predicted molar refractivity (Wildman–Crippen MR) is 87.6 cm³/mol. The third kappa shape index (κ3) is 2.13. The second-order valence-electron chi connectivity index (χ2n) is 5.08. The zero-order valence-corrected chi connectivity index (χ0v) is 13.1. The SMILES string of the molecule is C/C=C1\C(=NC)N(c2c(C)ccc(O)c2C)C(N)=C1C(N)=O. The molecular formula is C16H20N4O2. The Labute approximate surface area is 129 Å². The van der Waals surface area contributed by atoms with E-state index >= 15 is 0 Å². The Morgan fingerprint density at radius 2 is 2.00 bits per heavy atom. The van der Waals surface area contributed by atoms with Crippen LogP contribution in [0.2, 0.25) is 0 Å². The number of nitrogens with zero attached hydrogens (tertiary/aromatic N) is 2. The third-order valence-corrected chi connectivity index (χ3v) is 3.79. The monoisotopic (exact) mass is 300 g/mol. The number of carbonyl (C=O) groups is 1. The molecule has 22 heavy (non-hydrogen) atoms. The Bertz CT molecular complexity index is 745. The normalized spacial score (nSPS) is 18.6. The smallest absolute Gasteiger partial charge is 0.253 e. The fraction of sp³-hybridized carbons (Fsp3) is 0.250. The van der Waals surface area contributed by atoms with E-state index in [2.05, 4.69) is 4.99 Å². The molecule has 0 saturated heterocycles. The van der Waals surface area contributed by atoms with Crippen molar-refractivity contribution < 1.29 is 9.90 Å². The molecule has 6 nitrogen and oxygen atoms in total. The van der Waals surface area contributed by atoms with Crippen LogP contribution in [0, 0.1) is 13.8 Å². The number of primary amides is 1. The Kier molecular flexibility index (Phi) is 3.95. The van der Waals surface area contributed by atoms with Crippen LogP contribution >= 0.6 is 0 Å². The minimum absolute atomic E-state index is 0.151. The summed E-state index contributed by atoms with van der Waals surface area (Å²) in [5, 5.41) is 10.00. The number of phenols is 1. The molecule has 6 heteroatoms. The maximum atomic E-state index is 11.8. The topological polar surface area (TPSA) is 105 Å². The van der Waals surface area contributed by atoms with Crippen LogP contribution in [0.5, 0.6) is 5.75 Å². The zero-order chi connectivity index (χ0) is 16.6. The van der Waals surface area contributed by atoms with Gasteiger partial charge in [-0.15, -0.1) is 0 Å². The van der Waals surface area contributed by atoms with Crippen molar-refractivity contribution in [1.82, 2.24) is 0 Å². The van der Waals surface area contributed by atoms with Gasteiger partial charge in [0.1, 0.15) is 17.4 Å². The van der Waals surface area contributed by atoms with Crippen molar-refractivity contribution in [1.29, 1.82) is 0 Å². The third-order valence-electron chi connectivity index (χ3n) is 3.79. The zero-order valence-electron chi connectivity index (χ0n) is 13.1. The summed E-state index contributed by atoms with van der Waals surface area (Å²) in [5.74, 6) is 0.298. The molecule has 0 radical (unpaired) electrons. The lowest BCUT2D eigenvalue weighted by Crippen LogP contribution is -2.31. The maximum absolute atomic E-state index is 11.8. The second-order valence-corrected chi connectivity index (χ2v) is 5.08. The molecule has 2 rings (SSSR count). The quantitative estimate of drug-likeness (QED) is 0.769. The van der Waals surface area contributed by atoms with Crippen molar-refractivity contribution >= 4 is 17.4 Å². The van der Waals surface area contributed by atoms with Crippen LogP contribution < -0.4 is 16.4 Å². The second kappa shape index (κ2) is 5.55. The van der Waals surface area contributed by atoms with Gasteiger partial charge in [-0.3, -0.25) is 14.7 Å². The summed E-state index contributed by atoms with van der Waals surface area (Å²) >= 11 is 0. The molecule has 116 valence electrons. The number of aliphatic imine (C=N–C) groups is 1. The van der Waals surface area contributed by atoms with Gasteiger partial charge in [0.05, 0.1) is 11.3 Å². The number of amides is 1. The number of anilines is 1. The number of nitrogens with two attached hydrogens (primary N) is 2. The maximum Gasteiger partial charge on any atom is 0.253 e. The molecule has 1 aliphatic heterocycles. The summed E-state index contributed by atoms with van der Waals surface area (Å²) < 4.78 is 0. The lowest BCUT2D eigenvalue weighted by Gasteiger charge is -2.25. The van der Waals surface area contributed by atoms with E-state index in [1.54, 1.807) is 44.0 Å². The Morgan fingerprint density at radius 3 is 2.50 bits per heavy atom. The van der Waals surface area contributed by atoms with Crippen LogP contribution in [-0.2, 0) is 4.79 Å². The van der Waals surface area contributed by atoms with Gasteiger partial charge in [0.15, 0.2) is 0 Å². The number of benzene rings is 1. The number of aryl methyl sites for hydroxylation is 1. The van der Waals surface area contributed by atoms with Gasteiger partial charge in [0.25, 0.3) is 5.91 Å². The van der Waals surface area contributed by atoms with Gasteiger partial charge in [-0.25, -0.2) is 0 Å². The molecule has 0 aliphatic carbocycles. The van der Waals surface area contributed by atoms with Crippen LogP contribution in [0.3, 0.4) is 0 Å². The van der Waals surface area contributed by atoms with E-state index in [-0.39, 0.29) is 17.1 Å². The number of amidine groups is 1. The Morgan fingerprint density at radius 1 is 1.36 bits per heavy atom. The van der Waals surface area contributed by atoms with Crippen LogP contribution in [0.25, 0.3) is 0 Å². The number of carbonyl (C=O) groups excluding carboxylic acids is 1. The van der Waals surface area contributed by atoms with Crippen molar-refractivity contribution in [2.75, 3.05) is 11.9 Å². The van der Waals surface area contributed by atoms with Gasteiger partial charge in [-0.05, 0) is 32.4 Å². The highest BCUT2D eigenvalue weighted by Gasteiger charge is 2.36. The van der Waals surface area contributed by atoms with E-state index in [1.807, 2.05) is 6.92 Å². The van der Waals surface area contributed by atoms with Gasteiger partial charge in [0.2, 0.25) is 0 Å². The first-order valence-electron chi connectivity index (χ1n) is 6.87. The van der Waals surface area contributed by atoms with E-state index in [0.29, 0.717) is 22.7 Å². The average molecular weight is 300 g/mol. The number of hydrogen-bond donors (Lipinski definition) is 3. The number of allylic oxidation sites excluding steroid dienone is 1. The van der Waals surface area contributed by atoms with Gasteiger partial charge >= 0.3 is 0 Å². The van der Waals surface area contributed by atoms with Crippen molar-refractivity contribution in [3.05, 3.63) is 46.3 Å². The van der Waals surface area contributed by atoms with Gasteiger partial charge in [-0.2, -0.15) is 0 Å². The van der Waals surface area contributed by atoms with E-state index in [9.17, 15) is 9.90 Å². The highest BCUT2D eigenvalue weighted by atomic mass is 16.3. The van der Waals surface area contributed by atoms with Gasteiger partial charge in [0, 0.05) is 18.2 Å². The van der Waals surface area contributed by atoms with Crippen molar-refractivity contribution in [3.8, 4) is 5.75 Å². The first kappa shape index (κ1) is 15.6. The van der Waals surface area contributed by atoms with Crippen molar-refractivity contribution in [2.24, 2.45) is 16.5 Å². The van der Waals surface area contributed by atoms with E-state index in [1.165, 1.54) is 0 Å². The van der Waals surface area contributed by atoms with Gasteiger partial charge < -0.3 is 16.6 Å². The van der Waals surface area contributed by atoms with E-state index in [0.717, 1.165) is 5.56 Å². The van der Waals surface area contributed by atoms with E-state index < -0.39 is 5.91 Å². The Hall–Kier alpha value is -2.76. The molecule has 0 unspecified atom stereocenters. The minimum Gasteiger partial charge on any atom is -0.508 e. The van der Waals surface area contributed by atoms with Crippen molar-refractivity contribution in [3.63, 3.8) is 0 Å². The summed E-state index contributed by atoms with van der Waals surface area (Å²) in [6, 6.07) is 3.41. The summed E-state index contributed by atoms with van der Waals surface area (Å²) in [4.78, 5) is 17.7. The molecule has 1 heterocycles. The minimum atomic E-state index is -0.607. The van der Waals surface area contributed by atoms with Crippen LogP contribution in [0.1, 0.15) is 18.1 Å². The fourth-order valence-corrected chi connectivity index (χ4v) is 2.74. The fourth-order valence-electron chi connectivity index (χ4n) is 2.74. The molecule has 0 spiro atoms. The average Bonchev–Trinajstić information content (AvgIpc) is 2.76. The largest absolute Gasteiger partial charge is 0.508 e. The standard InChI is InChI=1S/C16H20N4O2/c1-5-10-12(15(18)22)14(17)20(16(10)19-4)13-8(2)6-7-11(21)9(13)3/h5-7,21H,17H2,1-4H3,(H2,18,22)/b10-5-,19-16?. The highest BCUT2D eigenvalue weighted by Crippen LogP contribution is 2.38. The number of rotatable bonds is 2. The molecule has 1 aromatic rings. The Balaban J connectivity index is 2.81. The summed E-state index contributed by atoms with van der Waals surface area (Å²) in [7, 11) is 1.62. The van der Waals surface area contributed by atoms with Gasteiger partial charge in [-0.1, -0.05) is 12.1 Å². The van der Waals surface area contributed by atoms with Crippen LogP contribution in [0.4, 0.5) is 5.69 Å². The van der Waals surface area contributed by atoms with Crippen LogP contribution in [-0.4, -0.2) is 23.9 Å². The molecule has 1 aliphatic rings. The number of hydrogen-bond acceptors (Lipinski definition) is 4. The van der Waals surface area contributed by atoms with Crippen molar-refractivity contribution in [2.45, 2.75) is 20.8 Å². The first-order valence-corrected chi connectivity index (χ1v) is 6.87. The molecular weight excluding hydrogens is 280 g/mol. The summed E-state index contributed by atoms with van der Waals surface area (Å²) in [5.41, 5.74) is 14.7. The van der Waals surface area contributed by atoms with E-state index in [4.69, 9.17) is 11.5 Å². The predicted octanol–water partition coefficient (Wildman–Crippen LogP) is 1.46. The first-order chi connectivity index (χ1) is 10.3. The molecule has 0 fully saturated rings.